The molecule has 78 valence electrons. The number of nitrogens with one attached hydrogen (secondary N) is 1. The van der Waals surface area contributed by atoms with Crippen molar-refractivity contribution in [2.24, 2.45) is 0 Å². The molecule has 0 spiro atoms. The van der Waals surface area contributed by atoms with Crippen LogP contribution in [-0.2, 0) is 6.54 Å². The molecule has 0 saturated heterocycles. The van der Waals surface area contributed by atoms with Crippen molar-refractivity contribution in [3.63, 3.8) is 0 Å². The van der Waals surface area contributed by atoms with Crippen LogP contribution < -0.4 is 14.8 Å². The predicted molar refractivity (Wildman–Crippen MR) is 52.3 cm³/mol. The third kappa shape index (κ3) is 2.14. The Balaban J connectivity index is 3.09. The number of ether oxygens (including phenoxy) is 2. The van der Waals surface area contributed by atoms with Gasteiger partial charge in [0.15, 0.2) is 11.5 Å². The van der Waals surface area contributed by atoms with Gasteiger partial charge in [0.25, 0.3) is 0 Å². The van der Waals surface area contributed by atoms with E-state index in [1.807, 2.05) is 0 Å². The van der Waals surface area contributed by atoms with Crippen LogP contribution in [0, 0.1) is 5.82 Å². The second-order valence-electron chi connectivity index (χ2n) is 2.83. The summed E-state index contributed by atoms with van der Waals surface area (Å²) in [7, 11) is 4.77. The molecule has 0 heterocycles. The van der Waals surface area contributed by atoms with E-state index in [1.165, 1.54) is 20.3 Å². The van der Waals surface area contributed by atoms with E-state index < -0.39 is 0 Å². The molecule has 0 atom stereocenters. The first-order chi connectivity index (χ1) is 6.72. The lowest BCUT2D eigenvalue weighted by Gasteiger charge is -2.10. The molecule has 3 nitrogen and oxygen atoms in total. The molecular formula is C10H14FNO2. The Morgan fingerprint density at radius 3 is 2.29 bits per heavy atom. The Morgan fingerprint density at radius 1 is 1.21 bits per heavy atom. The topological polar surface area (TPSA) is 30.5 Å². The molecule has 0 aliphatic rings. The molecule has 1 N–H and O–H groups in total. The van der Waals surface area contributed by atoms with Crippen LogP contribution in [0.4, 0.5) is 4.39 Å². The molecule has 4 heteroatoms. The van der Waals surface area contributed by atoms with Gasteiger partial charge in [0.1, 0.15) is 5.82 Å². The van der Waals surface area contributed by atoms with Crippen LogP contribution in [0.5, 0.6) is 11.5 Å². The Morgan fingerprint density at radius 2 is 1.79 bits per heavy atom. The molecule has 14 heavy (non-hydrogen) atoms. The number of methoxy groups -OCH3 is 2. The highest BCUT2D eigenvalue weighted by atomic mass is 19.1. The molecular weight excluding hydrogens is 185 g/mol. The van der Waals surface area contributed by atoms with Crippen molar-refractivity contribution in [1.82, 2.24) is 5.32 Å². The Hall–Kier alpha value is -1.29. The van der Waals surface area contributed by atoms with Crippen molar-refractivity contribution in [3.8, 4) is 11.5 Å². The van der Waals surface area contributed by atoms with Crippen molar-refractivity contribution >= 4 is 0 Å². The fraction of sp³-hybridized carbons (Fsp3) is 0.400. The first kappa shape index (κ1) is 10.8. The summed E-state index contributed by atoms with van der Waals surface area (Å²) in [6.45, 7) is 0.464. The van der Waals surface area contributed by atoms with Gasteiger partial charge in [-0.2, -0.15) is 0 Å². The van der Waals surface area contributed by atoms with Gasteiger partial charge in [-0.05, 0) is 13.1 Å². The van der Waals surface area contributed by atoms with Crippen LogP contribution in [0.3, 0.4) is 0 Å². The van der Waals surface area contributed by atoms with Crippen LogP contribution in [0.2, 0.25) is 0 Å². The van der Waals surface area contributed by atoms with Crippen LogP contribution in [0.25, 0.3) is 0 Å². The highest BCUT2D eigenvalue weighted by molar-refractivity contribution is 5.43. The van der Waals surface area contributed by atoms with Gasteiger partial charge < -0.3 is 14.8 Å². The average Bonchev–Trinajstić information content (AvgIpc) is 2.20. The average molecular weight is 199 g/mol. The van der Waals surface area contributed by atoms with E-state index in [-0.39, 0.29) is 5.82 Å². The van der Waals surface area contributed by atoms with Gasteiger partial charge in [-0.3, -0.25) is 0 Å². The van der Waals surface area contributed by atoms with Gasteiger partial charge in [0.05, 0.1) is 14.2 Å². The zero-order chi connectivity index (χ0) is 10.6. The van der Waals surface area contributed by atoms with Crippen LogP contribution in [-0.4, -0.2) is 21.3 Å². The second-order valence-corrected chi connectivity index (χ2v) is 2.83. The third-order valence-corrected chi connectivity index (χ3v) is 1.92. The molecule has 0 unspecified atom stereocenters. The maximum Gasteiger partial charge on any atom is 0.163 e. The minimum Gasteiger partial charge on any atom is -0.493 e. The van der Waals surface area contributed by atoms with Gasteiger partial charge in [0, 0.05) is 18.2 Å². The molecule has 0 amide bonds. The zero-order valence-electron chi connectivity index (χ0n) is 8.56. The molecule has 0 saturated carbocycles. The van der Waals surface area contributed by atoms with E-state index in [1.54, 1.807) is 13.1 Å². The van der Waals surface area contributed by atoms with E-state index in [4.69, 9.17) is 9.47 Å². The largest absolute Gasteiger partial charge is 0.493 e. The SMILES string of the molecule is CNCc1cc(OC)c(OC)cc1F. The van der Waals surface area contributed by atoms with Gasteiger partial charge in [-0.15, -0.1) is 0 Å². The summed E-state index contributed by atoms with van der Waals surface area (Å²) in [5.74, 6) is 0.654. The van der Waals surface area contributed by atoms with Crippen molar-refractivity contribution < 1.29 is 13.9 Å². The summed E-state index contributed by atoms with van der Waals surface area (Å²) < 4.78 is 23.4. The van der Waals surface area contributed by atoms with Gasteiger partial charge in [-0.25, -0.2) is 4.39 Å². The lowest BCUT2D eigenvalue weighted by Crippen LogP contribution is -2.07. The molecule has 1 aromatic rings. The standard InChI is InChI=1S/C10H14FNO2/c1-12-6-7-4-9(13-2)10(14-3)5-8(7)11/h4-5,12H,6H2,1-3H3. The van der Waals surface area contributed by atoms with Crippen LogP contribution in [0.1, 0.15) is 5.56 Å². The van der Waals surface area contributed by atoms with Crippen LogP contribution in [0.15, 0.2) is 12.1 Å². The first-order valence-corrected chi connectivity index (χ1v) is 4.28. The number of halogens is 1. The quantitative estimate of drug-likeness (QED) is 0.798. The molecule has 0 aromatic heterocycles. The fourth-order valence-corrected chi connectivity index (χ4v) is 1.22. The van der Waals surface area contributed by atoms with E-state index >= 15 is 0 Å². The second kappa shape index (κ2) is 4.81. The maximum absolute atomic E-state index is 13.4. The highest BCUT2D eigenvalue weighted by Crippen LogP contribution is 2.29. The van der Waals surface area contributed by atoms with E-state index in [9.17, 15) is 4.39 Å². The normalized spacial score (nSPS) is 10.0. The number of hydrogen-bond acceptors (Lipinski definition) is 3. The Bertz CT molecular complexity index is 315. The van der Waals surface area contributed by atoms with E-state index in [0.29, 0.717) is 23.6 Å². The first-order valence-electron chi connectivity index (χ1n) is 4.28. The van der Waals surface area contributed by atoms with Crippen molar-refractivity contribution in [2.45, 2.75) is 6.54 Å². The van der Waals surface area contributed by atoms with Crippen molar-refractivity contribution in [3.05, 3.63) is 23.5 Å². The minimum atomic E-state index is -0.294. The molecule has 1 aromatic carbocycles. The predicted octanol–water partition coefficient (Wildman–Crippen LogP) is 1.56. The van der Waals surface area contributed by atoms with Gasteiger partial charge in [0.2, 0.25) is 0 Å². The summed E-state index contributed by atoms with van der Waals surface area (Å²) in [6.07, 6.45) is 0. The molecule has 0 bridgehead atoms. The zero-order valence-corrected chi connectivity index (χ0v) is 8.56. The summed E-state index contributed by atoms with van der Waals surface area (Å²) in [4.78, 5) is 0. The lowest BCUT2D eigenvalue weighted by molar-refractivity contribution is 0.351. The number of rotatable bonds is 4. The summed E-state index contributed by atoms with van der Waals surface area (Å²) in [5.41, 5.74) is 0.560. The van der Waals surface area contributed by atoms with Gasteiger partial charge >= 0.3 is 0 Å². The minimum absolute atomic E-state index is 0.294. The highest BCUT2D eigenvalue weighted by Gasteiger charge is 2.09. The molecule has 0 radical (unpaired) electrons. The van der Waals surface area contributed by atoms with Crippen molar-refractivity contribution in [1.29, 1.82) is 0 Å². The van der Waals surface area contributed by atoms with Crippen LogP contribution >= 0.6 is 0 Å². The molecule has 0 aliphatic heterocycles. The van der Waals surface area contributed by atoms with Gasteiger partial charge in [-0.1, -0.05) is 0 Å². The van der Waals surface area contributed by atoms with E-state index in [0.717, 1.165) is 0 Å². The summed E-state index contributed by atoms with van der Waals surface area (Å²) >= 11 is 0. The summed E-state index contributed by atoms with van der Waals surface area (Å²) in [5, 5.41) is 2.88. The third-order valence-electron chi connectivity index (χ3n) is 1.92. The molecule has 1 rings (SSSR count). The summed E-state index contributed by atoms with van der Waals surface area (Å²) in [6, 6.07) is 2.95. The number of hydrogen-bond donors (Lipinski definition) is 1. The smallest absolute Gasteiger partial charge is 0.163 e. The molecule has 0 aliphatic carbocycles. The fourth-order valence-electron chi connectivity index (χ4n) is 1.22. The Labute approximate surface area is 82.8 Å². The molecule has 0 fully saturated rings. The lowest BCUT2D eigenvalue weighted by atomic mass is 10.2. The maximum atomic E-state index is 13.4. The van der Waals surface area contributed by atoms with Crippen molar-refractivity contribution in [2.75, 3.05) is 21.3 Å². The Kier molecular flexibility index (Phi) is 3.71. The monoisotopic (exact) mass is 199 g/mol. The van der Waals surface area contributed by atoms with E-state index in [2.05, 4.69) is 5.32 Å². The number of benzene rings is 1.